The molecule has 0 radical (unpaired) electrons. The molecule has 4 nitrogen and oxygen atoms in total. The molecule has 1 heterocycles. The number of aromatic nitrogens is 2. The molecule has 1 saturated carbocycles. The van der Waals surface area contributed by atoms with Crippen molar-refractivity contribution in [1.82, 2.24) is 14.9 Å². The van der Waals surface area contributed by atoms with Gasteiger partial charge in [-0.15, -0.1) is 0 Å². The molecule has 0 saturated heterocycles. The molecule has 1 amide bonds. The lowest BCUT2D eigenvalue weighted by Crippen LogP contribution is -2.29. The molecule has 1 aliphatic carbocycles. The number of hydrogen-bond donors (Lipinski definition) is 2. The molecule has 0 aliphatic heterocycles. The highest BCUT2D eigenvalue weighted by Gasteiger charge is 2.23. The number of rotatable bonds is 3. The Morgan fingerprint density at radius 3 is 3.06 bits per heavy atom. The van der Waals surface area contributed by atoms with Gasteiger partial charge in [0.25, 0.3) is 0 Å². The normalized spacial score (nSPS) is 14.9. The number of carbonyl (C=O) groups is 1. The number of amides is 1. The Labute approximate surface area is 110 Å². The minimum absolute atomic E-state index is 0.0380. The van der Waals surface area contributed by atoms with Crippen LogP contribution < -0.4 is 5.32 Å². The van der Waals surface area contributed by atoms with E-state index in [9.17, 15) is 4.79 Å². The summed E-state index contributed by atoms with van der Waals surface area (Å²) in [5.41, 5.74) is 3.15. The number of nitrogens with zero attached hydrogens (tertiary/aromatic N) is 1. The molecule has 94 valence electrons. The maximum absolute atomic E-state index is 11.8. The highest BCUT2D eigenvalue weighted by molar-refractivity contribution is 7.71. The smallest absolute Gasteiger partial charge is 0.240 e. The van der Waals surface area contributed by atoms with Gasteiger partial charge in [0.05, 0.1) is 11.0 Å². The van der Waals surface area contributed by atoms with E-state index in [0.29, 0.717) is 17.4 Å². The van der Waals surface area contributed by atoms with Crippen LogP contribution in [-0.2, 0) is 11.3 Å². The molecule has 1 aliphatic rings. The van der Waals surface area contributed by atoms with E-state index in [4.69, 9.17) is 12.2 Å². The number of aromatic amines is 1. The third-order valence-electron chi connectivity index (χ3n) is 3.26. The standard InChI is InChI=1S/C13H15N3OS/c1-8-3-2-4-10-12(8)15-13(18)16(10)7-11(17)14-9-5-6-9/h2-4,9H,5-7H2,1H3,(H,14,17)(H,15,18). The number of H-pyrrole nitrogens is 1. The van der Waals surface area contributed by atoms with Gasteiger partial charge in [0.15, 0.2) is 4.77 Å². The first-order chi connectivity index (χ1) is 8.65. The molecule has 18 heavy (non-hydrogen) atoms. The van der Waals surface area contributed by atoms with Gasteiger partial charge < -0.3 is 14.9 Å². The van der Waals surface area contributed by atoms with Crippen LogP contribution in [0.15, 0.2) is 18.2 Å². The fraction of sp³-hybridized carbons (Fsp3) is 0.385. The van der Waals surface area contributed by atoms with Gasteiger partial charge in [0, 0.05) is 6.04 Å². The fourth-order valence-electron chi connectivity index (χ4n) is 2.13. The average Bonchev–Trinajstić information content (AvgIpc) is 3.07. The predicted molar refractivity (Wildman–Crippen MR) is 73.0 cm³/mol. The van der Waals surface area contributed by atoms with Gasteiger partial charge in [-0.1, -0.05) is 12.1 Å². The zero-order valence-electron chi connectivity index (χ0n) is 10.2. The molecule has 0 atom stereocenters. The molecule has 1 fully saturated rings. The Balaban J connectivity index is 1.95. The van der Waals surface area contributed by atoms with Crippen molar-refractivity contribution in [2.24, 2.45) is 0 Å². The van der Waals surface area contributed by atoms with E-state index in [1.54, 1.807) is 0 Å². The number of aryl methyl sites for hydroxylation is 1. The summed E-state index contributed by atoms with van der Waals surface area (Å²) in [6.07, 6.45) is 2.20. The van der Waals surface area contributed by atoms with Crippen molar-refractivity contribution in [3.8, 4) is 0 Å². The van der Waals surface area contributed by atoms with E-state index in [1.807, 2.05) is 29.7 Å². The second-order valence-corrected chi connectivity index (χ2v) is 5.21. The number of para-hydroxylation sites is 1. The van der Waals surface area contributed by atoms with Crippen LogP contribution in [-0.4, -0.2) is 21.5 Å². The van der Waals surface area contributed by atoms with Crippen LogP contribution >= 0.6 is 12.2 Å². The minimum atomic E-state index is 0.0380. The first-order valence-electron chi connectivity index (χ1n) is 6.12. The monoisotopic (exact) mass is 261 g/mol. The van der Waals surface area contributed by atoms with E-state index in [2.05, 4.69) is 10.3 Å². The number of imidazole rings is 1. The number of hydrogen-bond acceptors (Lipinski definition) is 2. The summed E-state index contributed by atoms with van der Waals surface area (Å²) in [7, 11) is 0. The maximum atomic E-state index is 11.8. The SMILES string of the molecule is Cc1cccc2c1[nH]c(=S)n2CC(=O)NC1CC1. The summed E-state index contributed by atoms with van der Waals surface area (Å²) in [6, 6.07) is 6.38. The molecule has 2 aromatic rings. The van der Waals surface area contributed by atoms with E-state index in [0.717, 1.165) is 29.4 Å². The van der Waals surface area contributed by atoms with Gasteiger partial charge in [-0.2, -0.15) is 0 Å². The third kappa shape index (κ3) is 2.06. The Morgan fingerprint density at radius 1 is 1.56 bits per heavy atom. The topological polar surface area (TPSA) is 49.8 Å². The first kappa shape index (κ1) is 11.5. The van der Waals surface area contributed by atoms with E-state index in [-0.39, 0.29) is 5.91 Å². The number of nitrogens with one attached hydrogen (secondary N) is 2. The summed E-state index contributed by atoms with van der Waals surface area (Å²) < 4.78 is 2.46. The van der Waals surface area contributed by atoms with Gasteiger partial charge in [0.1, 0.15) is 6.54 Å². The van der Waals surface area contributed by atoms with Gasteiger partial charge in [-0.25, -0.2) is 0 Å². The van der Waals surface area contributed by atoms with Crippen molar-refractivity contribution in [2.75, 3.05) is 0 Å². The molecule has 1 aromatic heterocycles. The molecule has 3 rings (SSSR count). The summed E-state index contributed by atoms with van der Waals surface area (Å²) in [4.78, 5) is 15.0. The van der Waals surface area contributed by atoms with Crippen molar-refractivity contribution in [1.29, 1.82) is 0 Å². The van der Waals surface area contributed by atoms with Crippen molar-refractivity contribution in [2.45, 2.75) is 32.4 Å². The lowest BCUT2D eigenvalue weighted by Gasteiger charge is -2.05. The predicted octanol–water partition coefficient (Wildman–Crippen LogP) is 2.29. The lowest BCUT2D eigenvalue weighted by atomic mass is 10.2. The molecule has 0 unspecified atom stereocenters. The van der Waals surface area contributed by atoms with Gasteiger partial charge >= 0.3 is 0 Å². The second-order valence-electron chi connectivity index (χ2n) is 4.83. The third-order valence-corrected chi connectivity index (χ3v) is 3.59. The van der Waals surface area contributed by atoms with Gasteiger partial charge in [-0.05, 0) is 43.6 Å². The van der Waals surface area contributed by atoms with E-state index in [1.165, 1.54) is 0 Å². The summed E-state index contributed by atoms with van der Waals surface area (Å²) >= 11 is 5.29. The van der Waals surface area contributed by atoms with Crippen molar-refractivity contribution in [3.63, 3.8) is 0 Å². The Kier molecular flexibility index (Phi) is 2.70. The summed E-state index contributed by atoms with van der Waals surface area (Å²) in [5.74, 6) is 0.0380. The molecule has 5 heteroatoms. The van der Waals surface area contributed by atoms with Gasteiger partial charge in [0.2, 0.25) is 5.91 Å². The maximum Gasteiger partial charge on any atom is 0.240 e. The highest BCUT2D eigenvalue weighted by atomic mass is 32.1. The zero-order valence-corrected chi connectivity index (χ0v) is 11.0. The quantitative estimate of drug-likeness (QED) is 0.833. The van der Waals surface area contributed by atoms with Crippen LogP contribution in [0.4, 0.5) is 0 Å². The number of carbonyl (C=O) groups excluding carboxylic acids is 1. The van der Waals surface area contributed by atoms with Crippen molar-refractivity contribution in [3.05, 3.63) is 28.5 Å². The average molecular weight is 261 g/mol. The molecule has 1 aromatic carbocycles. The van der Waals surface area contributed by atoms with Crippen LogP contribution in [0.25, 0.3) is 11.0 Å². The van der Waals surface area contributed by atoms with Crippen LogP contribution in [0, 0.1) is 11.7 Å². The second kappa shape index (κ2) is 4.24. The lowest BCUT2D eigenvalue weighted by molar-refractivity contribution is -0.121. The fourth-order valence-corrected chi connectivity index (χ4v) is 2.39. The largest absolute Gasteiger partial charge is 0.352 e. The van der Waals surface area contributed by atoms with Crippen molar-refractivity contribution < 1.29 is 4.79 Å². The number of benzene rings is 1. The Hall–Kier alpha value is -1.62. The minimum Gasteiger partial charge on any atom is -0.352 e. The Morgan fingerprint density at radius 2 is 2.33 bits per heavy atom. The van der Waals surface area contributed by atoms with Crippen LogP contribution in [0.5, 0.6) is 0 Å². The van der Waals surface area contributed by atoms with Gasteiger partial charge in [-0.3, -0.25) is 4.79 Å². The summed E-state index contributed by atoms with van der Waals surface area (Å²) in [5, 5.41) is 2.98. The Bertz CT molecular complexity index is 666. The summed E-state index contributed by atoms with van der Waals surface area (Å²) in [6.45, 7) is 2.32. The van der Waals surface area contributed by atoms with Crippen LogP contribution in [0.1, 0.15) is 18.4 Å². The van der Waals surface area contributed by atoms with Crippen LogP contribution in [0.2, 0.25) is 0 Å². The first-order valence-corrected chi connectivity index (χ1v) is 6.53. The van der Waals surface area contributed by atoms with Crippen LogP contribution in [0.3, 0.4) is 0 Å². The van der Waals surface area contributed by atoms with E-state index < -0.39 is 0 Å². The molecular formula is C13H15N3OS. The highest BCUT2D eigenvalue weighted by Crippen LogP contribution is 2.20. The number of fused-ring (bicyclic) bond motifs is 1. The van der Waals surface area contributed by atoms with E-state index >= 15 is 0 Å². The zero-order chi connectivity index (χ0) is 12.7. The molecule has 0 spiro atoms. The molecule has 0 bridgehead atoms. The molecule has 2 N–H and O–H groups in total. The van der Waals surface area contributed by atoms with Crippen molar-refractivity contribution >= 4 is 29.2 Å². The molecular weight excluding hydrogens is 246 g/mol.